The van der Waals surface area contributed by atoms with E-state index in [2.05, 4.69) is 11.4 Å². The Morgan fingerprint density at radius 3 is 2.42 bits per heavy atom. The predicted molar refractivity (Wildman–Crippen MR) is 68.8 cm³/mol. The van der Waals surface area contributed by atoms with Crippen LogP contribution in [0.3, 0.4) is 0 Å². The summed E-state index contributed by atoms with van der Waals surface area (Å²) >= 11 is 0. The Balaban J connectivity index is 2.45. The van der Waals surface area contributed by atoms with Crippen molar-refractivity contribution in [3.63, 3.8) is 0 Å². The van der Waals surface area contributed by atoms with Crippen molar-refractivity contribution >= 4 is 0 Å². The van der Waals surface area contributed by atoms with Gasteiger partial charge in [-0.3, -0.25) is 0 Å². The lowest BCUT2D eigenvalue weighted by Crippen LogP contribution is -2.41. The molecule has 0 saturated heterocycles. The number of benzene rings is 1. The number of hydrogen-bond donors (Lipinski definition) is 1. The Hall–Kier alpha value is -1.67. The van der Waals surface area contributed by atoms with Crippen LogP contribution in [0.15, 0.2) is 18.2 Å². The van der Waals surface area contributed by atoms with E-state index in [1.807, 2.05) is 6.92 Å². The Morgan fingerprint density at radius 2 is 1.95 bits per heavy atom. The average Bonchev–Trinajstić information content (AvgIpc) is 2.39. The number of hydrogen-bond acceptors (Lipinski definition) is 3. The van der Waals surface area contributed by atoms with Gasteiger partial charge in [0.1, 0.15) is 22.9 Å². The lowest BCUT2D eigenvalue weighted by atomic mass is 9.92. The lowest BCUT2D eigenvalue weighted by molar-refractivity contribution is 0.279. The van der Waals surface area contributed by atoms with Gasteiger partial charge in [0.25, 0.3) is 0 Å². The number of halogens is 2. The minimum absolute atomic E-state index is 0.168. The van der Waals surface area contributed by atoms with Gasteiger partial charge >= 0.3 is 0 Å². The van der Waals surface area contributed by atoms with E-state index in [1.165, 1.54) is 0 Å². The minimum atomic E-state index is -0.662. The van der Waals surface area contributed by atoms with Gasteiger partial charge in [0.15, 0.2) is 0 Å². The number of nitrogens with one attached hydrogen (secondary N) is 1. The van der Waals surface area contributed by atoms with Gasteiger partial charge < -0.3 is 10.1 Å². The fourth-order valence-corrected chi connectivity index (χ4v) is 1.85. The smallest absolute Gasteiger partial charge is 0.129 e. The van der Waals surface area contributed by atoms with Crippen LogP contribution in [0.1, 0.15) is 26.2 Å². The third-order valence-corrected chi connectivity index (χ3v) is 3.15. The standard InChI is InChI=1S/C14H18F2N2O/c1-3-14(10-17,18-2)5-4-6-19-13-8-11(15)7-12(16)9-13/h7-9,18H,3-6H2,1-2H3. The Kier molecular flexibility index (Phi) is 5.71. The monoisotopic (exact) mass is 268 g/mol. The summed E-state index contributed by atoms with van der Waals surface area (Å²) < 4.78 is 31.1. The molecule has 0 amide bonds. The molecule has 3 nitrogen and oxygen atoms in total. The third kappa shape index (κ3) is 4.49. The summed E-state index contributed by atoms with van der Waals surface area (Å²) in [6.07, 6.45) is 1.93. The molecule has 104 valence electrons. The quantitative estimate of drug-likeness (QED) is 0.773. The van der Waals surface area contributed by atoms with E-state index in [0.29, 0.717) is 25.9 Å². The molecule has 0 aliphatic rings. The molecule has 5 heteroatoms. The van der Waals surface area contributed by atoms with Crippen molar-refractivity contribution in [3.8, 4) is 11.8 Å². The summed E-state index contributed by atoms with van der Waals surface area (Å²) in [6.45, 7) is 2.25. The van der Waals surface area contributed by atoms with Crippen LogP contribution < -0.4 is 10.1 Å². The largest absolute Gasteiger partial charge is 0.493 e. The maximum atomic E-state index is 12.9. The van der Waals surface area contributed by atoms with E-state index in [4.69, 9.17) is 10.00 Å². The highest BCUT2D eigenvalue weighted by atomic mass is 19.1. The van der Waals surface area contributed by atoms with Crippen molar-refractivity contribution in [1.29, 1.82) is 5.26 Å². The number of nitriles is 1. The number of ether oxygens (including phenoxy) is 1. The predicted octanol–water partition coefficient (Wildman–Crippen LogP) is 3.02. The molecule has 1 N–H and O–H groups in total. The van der Waals surface area contributed by atoms with Gasteiger partial charge in [0.05, 0.1) is 12.7 Å². The number of nitrogens with zero attached hydrogens (tertiary/aromatic N) is 1. The van der Waals surface area contributed by atoms with Gasteiger partial charge in [0.2, 0.25) is 0 Å². The fourth-order valence-electron chi connectivity index (χ4n) is 1.85. The van der Waals surface area contributed by atoms with Gasteiger partial charge in [-0.25, -0.2) is 8.78 Å². The molecular weight excluding hydrogens is 250 g/mol. The molecule has 0 aliphatic heterocycles. The van der Waals surface area contributed by atoms with Crippen LogP contribution in [-0.4, -0.2) is 19.2 Å². The van der Waals surface area contributed by atoms with Gasteiger partial charge in [-0.2, -0.15) is 5.26 Å². The fraction of sp³-hybridized carbons (Fsp3) is 0.500. The Morgan fingerprint density at radius 1 is 1.32 bits per heavy atom. The molecular formula is C14H18F2N2O. The van der Waals surface area contributed by atoms with Crippen LogP contribution in [-0.2, 0) is 0 Å². The van der Waals surface area contributed by atoms with Crippen LogP contribution in [0.4, 0.5) is 8.78 Å². The first-order valence-corrected chi connectivity index (χ1v) is 6.24. The highest BCUT2D eigenvalue weighted by Crippen LogP contribution is 2.18. The molecule has 0 aliphatic carbocycles. The summed E-state index contributed by atoms with van der Waals surface area (Å²) in [6, 6.07) is 5.32. The van der Waals surface area contributed by atoms with Crippen molar-refractivity contribution in [3.05, 3.63) is 29.8 Å². The lowest BCUT2D eigenvalue weighted by Gasteiger charge is -2.24. The minimum Gasteiger partial charge on any atom is -0.493 e. The topological polar surface area (TPSA) is 45.0 Å². The van der Waals surface area contributed by atoms with Crippen LogP contribution in [0.5, 0.6) is 5.75 Å². The molecule has 1 unspecified atom stereocenters. The molecule has 0 fully saturated rings. The van der Waals surface area contributed by atoms with E-state index in [9.17, 15) is 8.78 Å². The van der Waals surface area contributed by atoms with Crippen LogP contribution in [0.25, 0.3) is 0 Å². The molecule has 0 heterocycles. The SMILES string of the molecule is CCC(C#N)(CCCOc1cc(F)cc(F)c1)NC. The van der Waals surface area contributed by atoms with Gasteiger partial charge in [-0.1, -0.05) is 6.92 Å². The van der Waals surface area contributed by atoms with E-state index in [1.54, 1.807) is 7.05 Å². The van der Waals surface area contributed by atoms with Crippen molar-refractivity contribution in [1.82, 2.24) is 5.32 Å². The maximum Gasteiger partial charge on any atom is 0.129 e. The zero-order chi connectivity index (χ0) is 14.3. The van der Waals surface area contributed by atoms with Gasteiger partial charge in [-0.15, -0.1) is 0 Å². The molecule has 0 bridgehead atoms. The zero-order valence-corrected chi connectivity index (χ0v) is 11.2. The van der Waals surface area contributed by atoms with Gasteiger partial charge in [0, 0.05) is 18.2 Å². The highest BCUT2D eigenvalue weighted by molar-refractivity contribution is 5.23. The van der Waals surface area contributed by atoms with E-state index in [0.717, 1.165) is 18.2 Å². The molecule has 0 aromatic heterocycles. The number of rotatable bonds is 7. The Bertz CT molecular complexity index is 433. The molecule has 1 rings (SSSR count). The van der Waals surface area contributed by atoms with Crippen molar-refractivity contribution in [2.75, 3.05) is 13.7 Å². The van der Waals surface area contributed by atoms with Crippen molar-refractivity contribution < 1.29 is 13.5 Å². The Labute approximate surface area is 112 Å². The maximum absolute atomic E-state index is 12.9. The van der Waals surface area contributed by atoms with Crippen LogP contribution in [0, 0.1) is 23.0 Å². The summed E-state index contributed by atoms with van der Waals surface area (Å²) in [5, 5.41) is 12.1. The van der Waals surface area contributed by atoms with Crippen LogP contribution >= 0.6 is 0 Å². The first kappa shape index (κ1) is 15.4. The summed E-state index contributed by atoms with van der Waals surface area (Å²) in [5.74, 6) is -1.16. The summed E-state index contributed by atoms with van der Waals surface area (Å²) in [7, 11) is 1.75. The normalized spacial score (nSPS) is 13.6. The molecule has 0 saturated carbocycles. The molecule has 1 atom stereocenters. The second-order valence-electron chi connectivity index (χ2n) is 4.35. The average molecular weight is 268 g/mol. The summed E-state index contributed by atoms with van der Waals surface area (Å²) in [4.78, 5) is 0. The first-order chi connectivity index (χ1) is 9.05. The van der Waals surface area contributed by atoms with Crippen LogP contribution in [0.2, 0.25) is 0 Å². The molecule has 19 heavy (non-hydrogen) atoms. The zero-order valence-electron chi connectivity index (χ0n) is 11.2. The van der Waals surface area contributed by atoms with E-state index in [-0.39, 0.29) is 5.75 Å². The second kappa shape index (κ2) is 7.05. The molecule has 1 aromatic rings. The van der Waals surface area contributed by atoms with E-state index >= 15 is 0 Å². The van der Waals surface area contributed by atoms with Crippen molar-refractivity contribution in [2.24, 2.45) is 0 Å². The highest BCUT2D eigenvalue weighted by Gasteiger charge is 2.24. The third-order valence-electron chi connectivity index (χ3n) is 3.15. The molecule has 0 radical (unpaired) electrons. The van der Waals surface area contributed by atoms with Crippen molar-refractivity contribution in [2.45, 2.75) is 31.7 Å². The van der Waals surface area contributed by atoms with E-state index < -0.39 is 17.2 Å². The van der Waals surface area contributed by atoms with Gasteiger partial charge in [-0.05, 0) is 26.3 Å². The first-order valence-electron chi connectivity index (χ1n) is 6.24. The molecule has 0 spiro atoms. The molecule has 1 aromatic carbocycles. The second-order valence-corrected chi connectivity index (χ2v) is 4.35. The summed E-state index contributed by atoms with van der Waals surface area (Å²) in [5.41, 5.74) is -0.559.